The number of H-pyrrole nitrogens is 2. The molecule has 0 saturated carbocycles. The summed E-state index contributed by atoms with van der Waals surface area (Å²) in [6.07, 6.45) is 1.70. The predicted octanol–water partition coefficient (Wildman–Crippen LogP) is 2.84. The number of halogens is 3. The Balaban J connectivity index is 1.56. The summed E-state index contributed by atoms with van der Waals surface area (Å²) in [6, 6.07) is 5.26. The van der Waals surface area contributed by atoms with E-state index >= 15 is 0 Å². The number of hydrogen-bond donors (Lipinski definition) is 2. The van der Waals surface area contributed by atoms with Gasteiger partial charge in [0.25, 0.3) is 5.56 Å². The Hall–Kier alpha value is -4.18. The molecule has 35 heavy (non-hydrogen) atoms. The average molecular weight is 481 g/mol. The second-order valence-electron chi connectivity index (χ2n) is 8.12. The van der Waals surface area contributed by atoms with E-state index in [4.69, 9.17) is 5.26 Å². The summed E-state index contributed by atoms with van der Waals surface area (Å²) in [6.45, 7) is 0.641. The third-order valence-corrected chi connectivity index (χ3v) is 6.01. The van der Waals surface area contributed by atoms with E-state index in [-0.39, 0.29) is 35.0 Å². The lowest BCUT2D eigenvalue weighted by molar-refractivity contribution is -0.141. The fraction of sp³-hybridized carbons (Fsp3) is 0.318. The van der Waals surface area contributed by atoms with Gasteiger partial charge in [-0.15, -0.1) is 0 Å². The van der Waals surface area contributed by atoms with Gasteiger partial charge >= 0.3 is 6.18 Å². The highest BCUT2D eigenvalue weighted by Crippen LogP contribution is 2.39. The van der Waals surface area contributed by atoms with Crippen LogP contribution in [0.1, 0.15) is 53.5 Å². The first-order valence-electron chi connectivity index (χ1n) is 10.8. The zero-order valence-corrected chi connectivity index (χ0v) is 18.1. The first-order chi connectivity index (χ1) is 16.8. The maximum Gasteiger partial charge on any atom is 0.433 e. The molecule has 1 aliphatic rings. The summed E-state index contributed by atoms with van der Waals surface area (Å²) in [5, 5.41) is 15.6. The molecule has 1 saturated heterocycles. The van der Waals surface area contributed by atoms with E-state index in [1.807, 2.05) is 6.07 Å². The number of nitrogens with one attached hydrogen (secondary N) is 2. The van der Waals surface area contributed by atoms with Crippen LogP contribution < -0.4 is 5.56 Å². The van der Waals surface area contributed by atoms with E-state index in [0.717, 1.165) is 18.9 Å². The number of hydrogen-bond acceptors (Lipinski definition) is 8. The van der Waals surface area contributed by atoms with Crippen molar-refractivity contribution in [2.75, 3.05) is 6.54 Å². The minimum Gasteiger partial charge on any atom is -0.310 e. The van der Waals surface area contributed by atoms with Crippen molar-refractivity contribution in [2.45, 2.75) is 37.5 Å². The van der Waals surface area contributed by atoms with Gasteiger partial charge in [0.1, 0.15) is 28.8 Å². The fourth-order valence-electron chi connectivity index (χ4n) is 4.46. The minimum absolute atomic E-state index is 0.00428. The summed E-state index contributed by atoms with van der Waals surface area (Å²) >= 11 is 0. The van der Waals surface area contributed by atoms with Crippen LogP contribution in [-0.4, -0.2) is 46.6 Å². The Bertz CT molecular complexity index is 1440. The van der Waals surface area contributed by atoms with Crippen molar-refractivity contribution in [1.82, 2.24) is 40.0 Å². The van der Waals surface area contributed by atoms with Crippen LogP contribution in [0.25, 0.3) is 11.0 Å². The molecule has 2 atom stereocenters. The van der Waals surface area contributed by atoms with Gasteiger partial charge in [0.15, 0.2) is 11.3 Å². The van der Waals surface area contributed by atoms with Gasteiger partial charge in [0, 0.05) is 31.1 Å². The Morgan fingerprint density at radius 2 is 2.03 bits per heavy atom. The maximum absolute atomic E-state index is 13.1. The van der Waals surface area contributed by atoms with Gasteiger partial charge in [-0.2, -0.15) is 23.5 Å². The highest BCUT2D eigenvalue weighted by atomic mass is 19.4. The van der Waals surface area contributed by atoms with Crippen molar-refractivity contribution in [3.8, 4) is 6.07 Å². The van der Waals surface area contributed by atoms with Crippen LogP contribution in [-0.2, 0) is 12.6 Å². The lowest BCUT2D eigenvalue weighted by Gasteiger charge is -2.32. The summed E-state index contributed by atoms with van der Waals surface area (Å²) in [5.74, 6) is 0.890. The van der Waals surface area contributed by atoms with Crippen LogP contribution in [0.4, 0.5) is 13.2 Å². The first-order valence-corrected chi connectivity index (χ1v) is 10.8. The third-order valence-electron chi connectivity index (χ3n) is 6.01. The number of aromatic amines is 2. The van der Waals surface area contributed by atoms with Crippen molar-refractivity contribution in [3.05, 3.63) is 75.7 Å². The topological polar surface area (TPSA) is 140 Å². The Morgan fingerprint density at radius 3 is 2.71 bits per heavy atom. The van der Waals surface area contributed by atoms with Crippen molar-refractivity contribution >= 4 is 11.0 Å². The van der Waals surface area contributed by atoms with E-state index in [2.05, 4.69) is 40.0 Å². The molecule has 2 N–H and O–H groups in total. The Kier molecular flexibility index (Phi) is 5.73. The molecule has 4 aromatic rings. The van der Waals surface area contributed by atoms with Crippen LogP contribution >= 0.6 is 0 Å². The minimum atomic E-state index is -4.56. The van der Waals surface area contributed by atoms with Crippen LogP contribution in [0.3, 0.4) is 0 Å². The molecule has 0 bridgehead atoms. The quantitative estimate of drug-likeness (QED) is 0.443. The van der Waals surface area contributed by atoms with Gasteiger partial charge in [0.05, 0.1) is 6.04 Å². The van der Waals surface area contributed by atoms with Gasteiger partial charge in [0.2, 0.25) is 0 Å². The molecule has 0 spiro atoms. The van der Waals surface area contributed by atoms with Gasteiger partial charge in [-0.05, 0) is 37.1 Å². The van der Waals surface area contributed by atoms with E-state index in [1.165, 1.54) is 12.3 Å². The largest absolute Gasteiger partial charge is 0.433 e. The molecular formula is C22H18F3N9O. The van der Waals surface area contributed by atoms with Gasteiger partial charge in [-0.3, -0.25) is 19.8 Å². The lowest BCUT2D eigenvalue weighted by atomic mass is 10.0. The monoisotopic (exact) mass is 481 g/mol. The molecule has 1 fully saturated rings. The van der Waals surface area contributed by atoms with E-state index < -0.39 is 23.5 Å². The normalized spacial score (nSPS) is 17.5. The predicted molar refractivity (Wildman–Crippen MR) is 116 cm³/mol. The van der Waals surface area contributed by atoms with Gasteiger partial charge in [-0.1, -0.05) is 6.07 Å². The molecular weight excluding hydrogens is 463 g/mol. The van der Waals surface area contributed by atoms with Crippen molar-refractivity contribution in [3.63, 3.8) is 0 Å². The van der Waals surface area contributed by atoms with Gasteiger partial charge < -0.3 is 4.98 Å². The van der Waals surface area contributed by atoms with E-state index in [9.17, 15) is 18.0 Å². The lowest BCUT2D eigenvalue weighted by Crippen LogP contribution is -2.32. The van der Waals surface area contributed by atoms with Crippen LogP contribution in [0, 0.1) is 11.3 Å². The first kappa shape index (κ1) is 22.6. The van der Waals surface area contributed by atoms with Crippen LogP contribution in [0.15, 0.2) is 41.6 Å². The maximum atomic E-state index is 13.1. The Labute approximate surface area is 195 Å². The number of nitriles is 1. The summed E-state index contributed by atoms with van der Waals surface area (Å²) in [4.78, 5) is 34.2. The zero-order chi connectivity index (χ0) is 24.6. The number of aromatic nitrogens is 7. The standard InChI is InChI=1S/C22H18F3N9O/c23-22(24,25)16-5-4-12(11-29-16)15(34-8-1-3-14(34)19-27-6-2-7-28-19)9-17-30-20-18(21(35)31-17)13(10-26)32-33-20/h2,4-7,11,14-15H,1,3,8-9H2,(H2,30,31,32,33,35)/t14-,15?/m1/s1. The number of pyridine rings is 1. The zero-order valence-electron chi connectivity index (χ0n) is 18.1. The number of rotatable bonds is 5. The molecule has 10 nitrogen and oxygen atoms in total. The molecule has 0 radical (unpaired) electrons. The van der Waals surface area contributed by atoms with Crippen molar-refractivity contribution in [2.24, 2.45) is 0 Å². The third kappa shape index (κ3) is 4.35. The SMILES string of the molecule is N#Cc1[nH]nc2nc(CC(c3ccc(C(F)(F)F)nc3)N3CCC[C@@H]3c3ncccn3)[nH]c(=O)c12. The average Bonchev–Trinajstić information content (AvgIpc) is 3.50. The smallest absolute Gasteiger partial charge is 0.310 e. The number of fused-ring (bicyclic) bond motifs is 1. The summed E-state index contributed by atoms with van der Waals surface area (Å²) < 4.78 is 39.3. The van der Waals surface area contributed by atoms with E-state index in [0.29, 0.717) is 17.9 Å². The van der Waals surface area contributed by atoms with Gasteiger partial charge in [-0.25, -0.2) is 15.0 Å². The molecule has 13 heteroatoms. The summed E-state index contributed by atoms with van der Waals surface area (Å²) in [5.41, 5.74) is -0.885. The Morgan fingerprint density at radius 1 is 1.23 bits per heavy atom. The van der Waals surface area contributed by atoms with Crippen molar-refractivity contribution < 1.29 is 13.2 Å². The second-order valence-corrected chi connectivity index (χ2v) is 8.12. The molecule has 0 amide bonds. The number of alkyl halides is 3. The number of likely N-dealkylation sites (tertiary alicyclic amines) is 1. The highest BCUT2D eigenvalue weighted by Gasteiger charge is 2.36. The molecule has 4 aromatic heterocycles. The molecule has 5 rings (SSSR count). The summed E-state index contributed by atoms with van der Waals surface area (Å²) in [7, 11) is 0. The van der Waals surface area contributed by atoms with Crippen molar-refractivity contribution in [1.29, 1.82) is 5.26 Å². The second kappa shape index (κ2) is 8.88. The molecule has 5 heterocycles. The molecule has 0 aromatic carbocycles. The highest BCUT2D eigenvalue weighted by molar-refractivity contribution is 5.79. The van der Waals surface area contributed by atoms with Crippen LogP contribution in [0.2, 0.25) is 0 Å². The molecule has 1 aliphatic heterocycles. The molecule has 1 unspecified atom stereocenters. The van der Waals surface area contributed by atoms with Crippen LogP contribution in [0.5, 0.6) is 0 Å². The number of nitrogens with zero attached hydrogens (tertiary/aromatic N) is 7. The fourth-order valence-corrected chi connectivity index (χ4v) is 4.46. The van der Waals surface area contributed by atoms with E-state index in [1.54, 1.807) is 18.5 Å². The molecule has 0 aliphatic carbocycles. The molecule has 178 valence electrons.